The van der Waals surface area contributed by atoms with Crippen LogP contribution >= 0.6 is 11.6 Å². The zero-order valence-electron chi connectivity index (χ0n) is 13.0. The second-order valence-corrected chi connectivity index (χ2v) is 6.56. The Morgan fingerprint density at radius 2 is 2.05 bits per heavy atom. The first-order valence-electron chi connectivity index (χ1n) is 7.95. The van der Waals surface area contributed by atoms with E-state index in [1.165, 1.54) is 37.0 Å². The molecule has 0 radical (unpaired) electrons. The summed E-state index contributed by atoms with van der Waals surface area (Å²) >= 11 is 5.98. The molecule has 1 unspecified atom stereocenters. The standard InChI is InChI=1S/C17H24ClN3/c1-13-5-6-16-15(11-13)19-17(7-8-18)21(16)14(2)12-20-9-3-4-10-20/h5-6,11,14H,3-4,7-10,12H2,1-2H3. The van der Waals surface area contributed by atoms with Crippen LogP contribution in [0.3, 0.4) is 0 Å². The molecular formula is C17H24ClN3. The van der Waals surface area contributed by atoms with Crippen molar-refractivity contribution >= 4 is 22.6 Å². The van der Waals surface area contributed by atoms with Crippen molar-refractivity contribution in [1.82, 2.24) is 14.5 Å². The molecule has 114 valence electrons. The van der Waals surface area contributed by atoms with Gasteiger partial charge in [0.05, 0.1) is 11.0 Å². The lowest BCUT2D eigenvalue weighted by Crippen LogP contribution is -2.27. The molecule has 0 spiro atoms. The number of fused-ring (bicyclic) bond motifs is 1. The Balaban J connectivity index is 1.95. The van der Waals surface area contributed by atoms with E-state index >= 15 is 0 Å². The summed E-state index contributed by atoms with van der Waals surface area (Å²) in [6.07, 6.45) is 3.51. The summed E-state index contributed by atoms with van der Waals surface area (Å²) in [7, 11) is 0. The van der Waals surface area contributed by atoms with Gasteiger partial charge in [-0.25, -0.2) is 4.98 Å². The first-order chi connectivity index (χ1) is 10.2. The lowest BCUT2D eigenvalue weighted by molar-refractivity contribution is 0.288. The maximum atomic E-state index is 5.98. The average Bonchev–Trinajstić information content (AvgIpc) is 3.05. The Bertz CT molecular complexity index is 614. The zero-order chi connectivity index (χ0) is 14.8. The first-order valence-corrected chi connectivity index (χ1v) is 8.48. The topological polar surface area (TPSA) is 21.1 Å². The molecule has 0 bridgehead atoms. The summed E-state index contributed by atoms with van der Waals surface area (Å²) in [5, 5.41) is 0. The van der Waals surface area contributed by atoms with Crippen molar-refractivity contribution in [3.63, 3.8) is 0 Å². The van der Waals surface area contributed by atoms with Gasteiger partial charge in [-0.15, -0.1) is 11.6 Å². The van der Waals surface area contributed by atoms with Crippen LogP contribution in [0, 0.1) is 6.92 Å². The Morgan fingerprint density at radius 3 is 2.76 bits per heavy atom. The van der Waals surface area contributed by atoms with Crippen LogP contribution in [0.25, 0.3) is 11.0 Å². The predicted octanol–water partition coefficient (Wildman–Crippen LogP) is 3.78. The fourth-order valence-electron chi connectivity index (χ4n) is 3.43. The molecule has 21 heavy (non-hydrogen) atoms. The SMILES string of the molecule is Cc1ccc2c(c1)nc(CCCl)n2C(C)CN1CCCC1. The minimum absolute atomic E-state index is 0.439. The van der Waals surface area contributed by atoms with Crippen molar-refractivity contribution in [2.75, 3.05) is 25.5 Å². The molecule has 1 aliphatic rings. The number of alkyl halides is 1. The van der Waals surface area contributed by atoms with E-state index in [2.05, 4.69) is 41.5 Å². The van der Waals surface area contributed by atoms with E-state index in [1.54, 1.807) is 0 Å². The summed E-state index contributed by atoms with van der Waals surface area (Å²) in [6.45, 7) is 8.00. The van der Waals surface area contributed by atoms with Crippen LogP contribution < -0.4 is 0 Å². The fraction of sp³-hybridized carbons (Fsp3) is 0.588. The lowest BCUT2D eigenvalue weighted by Gasteiger charge is -2.23. The normalized spacial score (nSPS) is 17.7. The minimum atomic E-state index is 0.439. The van der Waals surface area contributed by atoms with Gasteiger partial charge in [0.2, 0.25) is 0 Å². The van der Waals surface area contributed by atoms with E-state index in [9.17, 15) is 0 Å². The van der Waals surface area contributed by atoms with Gasteiger partial charge < -0.3 is 9.47 Å². The van der Waals surface area contributed by atoms with E-state index in [0.717, 1.165) is 24.3 Å². The molecule has 1 fully saturated rings. The van der Waals surface area contributed by atoms with Gasteiger partial charge in [-0.05, 0) is 57.5 Å². The largest absolute Gasteiger partial charge is 0.324 e. The Labute approximate surface area is 131 Å². The molecule has 2 heterocycles. The van der Waals surface area contributed by atoms with Gasteiger partial charge in [0.1, 0.15) is 5.82 Å². The van der Waals surface area contributed by atoms with Gasteiger partial charge in [-0.1, -0.05) is 6.07 Å². The molecule has 1 aromatic carbocycles. The van der Waals surface area contributed by atoms with E-state index in [4.69, 9.17) is 16.6 Å². The number of nitrogens with zero attached hydrogens (tertiary/aromatic N) is 3. The highest BCUT2D eigenvalue weighted by Gasteiger charge is 2.20. The number of halogens is 1. The second-order valence-electron chi connectivity index (χ2n) is 6.19. The van der Waals surface area contributed by atoms with Gasteiger partial charge in [0, 0.05) is 24.9 Å². The summed E-state index contributed by atoms with van der Waals surface area (Å²) in [4.78, 5) is 7.38. The first kappa shape index (κ1) is 14.9. The molecule has 1 aromatic heterocycles. The van der Waals surface area contributed by atoms with Crippen molar-refractivity contribution < 1.29 is 0 Å². The molecular weight excluding hydrogens is 282 g/mol. The molecule has 1 atom stereocenters. The Hall–Kier alpha value is -1.06. The Kier molecular flexibility index (Phi) is 4.51. The molecule has 0 saturated carbocycles. The molecule has 0 N–H and O–H groups in total. The predicted molar refractivity (Wildman–Crippen MR) is 89.3 cm³/mol. The number of benzene rings is 1. The summed E-state index contributed by atoms with van der Waals surface area (Å²) in [5.74, 6) is 1.75. The quantitative estimate of drug-likeness (QED) is 0.784. The number of hydrogen-bond donors (Lipinski definition) is 0. The number of rotatable bonds is 5. The van der Waals surface area contributed by atoms with Crippen molar-refractivity contribution in [2.24, 2.45) is 0 Å². The van der Waals surface area contributed by atoms with Crippen LogP contribution in [0.2, 0.25) is 0 Å². The fourth-order valence-corrected chi connectivity index (χ4v) is 3.60. The van der Waals surface area contributed by atoms with E-state index < -0.39 is 0 Å². The molecule has 3 rings (SSSR count). The average molecular weight is 306 g/mol. The maximum Gasteiger partial charge on any atom is 0.111 e. The third kappa shape index (κ3) is 3.09. The van der Waals surface area contributed by atoms with Crippen LogP contribution in [0.15, 0.2) is 18.2 Å². The molecule has 0 aliphatic carbocycles. The highest BCUT2D eigenvalue weighted by Crippen LogP contribution is 2.24. The van der Waals surface area contributed by atoms with Gasteiger partial charge in [-0.3, -0.25) is 0 Å². The van der Waals surface area contributed by atoms with Gasteiger partial charge in [0.25, 0.3) is 0 Å². The molecule has 4 heteroatoms. The van der Waals surface area contributed by atoms with Gasteiger partial charge in [0.15, 0.2) is 0 Å². The summed E-state index contributed by atoms with van der Waals surface area (Å²) < 4.78 is 2.40. The third-order valence-corrected chi connectivity index (χ3v) is 4.59. The number of aryl methyl sites for hydroxylation is 2. The highest BCUT2D eigenvalue weighted by molar-refractivity contribution is 6.17. The number of likely N-dealkylation sites (tertiary alicyclic amines) is 1. The van der Waals surface area contributed by atoms with E-state index in [-0.39, 0.29) is 0 Å². The summed E-state index contributed by atoms with van der Waals surface area (Å²) in [6, 6.07) is 6.99. The molecule has 0 amide bonds. The van der Waals surface area contributed by atoms with Gasteiger partial charge >= 0.3 is 0 Å². The van der Waals surface area contributed by atoms with Crippen LogP contribution in [0.1, 0.15) is 37.2 Å². The number of hydrogen-bond acceptors (Lipinski definition) is 2. The van der Waals surface area contributed by atoms with Crippen molar-refractivity contribution in [1.29, 1.82) is 0 Å². The number of imidazole rings is 1. The maximum absolute atomic E-state index is 5.98. The molecule has 1 aliphatic heterocycles. The van der Waals surface area contributed by atoms with Crippen LogP contribution in [0.4, 0.5) is 0 Å². The minimum Gasteiger partial charge on any atom is -0.324 e. The van der Waals surface area contributed by atoms with Crippen molar-refractivity contribution in [3.05, 3.63) is 29.6 Å². The van der Waals surface area contributed by atoms with Crippen LogP contribution in [-0.2, 0) is 6.42 Å². The van der Waals surface area contributed by atoms with Crippen LogP contribution in [0.5, 0.6) is 0 Å². The lowest BCUT2D eigenvalue weighted by atomic mass is 10.2. The number of aromatic nitrogens is 2. The third-order valence-electron chi connectivity index (χ3n) is 4.40. The molecule has 2 aromatic rings. The highest BCUT2D eigenvalue weighted by atomic mass is 35.5. The van der Waals surface area contributed by atoms with Crippen molar-refractivity contribution in [3.8, 4) is 0 Å². The Morgan fingerprint density at radius 1 is 1.29 bits per heavy atom. The smallest absolute Gasteiger partial charge is 0.111 e. The van der Waals surface area contributed by atoms with Crippen molar-refractivity contribution in [2.45, 2.75) is 39.2 Å². The monoisotopic (exact) mass is 305 g/mol. The summed E-state index contributed by atoms with van der Waals surface area (Å²) in [5.41, 5.74) is 3.60. The zero-order valence-corrected chi connectivity index (χ0v) is 13.7. The molecule has 1 saturated heterocycles. The van der Waals surface area contributed by atoms with Crippen LogP contribution in [-0.4, -0.2) is 40.0 Å². The van der Waals surface area contributed by atoms with E-state index in [0.29, 0.717) is 11.9 Å². The van der Waals surface area contributed by atoms with E-state index in [1.807, 2.05) is 0 Å². The molecule has 3 nitrogen and oxygen atoms in total. The second kappa shape index (κ2) is 6.37. The van der Waals surface area contributed by atoms with Gasteiger partial charge in [-0.2, -0.15) is 0 Å².